The van der Waals surface area contributed by atoms with Gasteiger partial charge < -0.3 is 11.1 Å². The molecule has 1 heterocycles. The normalized spacial score (nSPS) is 10.5. The van der Waals surface area contributed by atoms with E-state index in [-0.39, 0.29) is 5.91 Å². The van der Waals surface area contributed by atoms with Crippen molar-refractivity contribution >= 4 is 22.5 Å². The second-order valence-corrected chi connectivity index (χ2v) is 4.84. The largest absolute Gasteiger partial charge is 0.399 e. The maximum atomic E-state index is 12.1. The van der Waals surface area contributed by atoms with E-state index in [2.05, 4.69) is 10.3 Å². The molecule has 0 bridgehead atoms. The first kappa shape index (κ1) is 13.1. The summed E-state index contributed by atoms with van der Waals surface area (Å²) in [6.45, 7) is 0.471. The topological polar surface area (TPSA) is 68.0 Å². The number of hydrogen-bond acceptors (Lipinski definition) is 3. The van der Waals surface area contributed by atoms with Crippen LogP contribution in [0, 0.1) is 0 Å². The third-order valence-corrected chi connectivity index (χ3v) is 3.27. The number of carbonyl (C=O) groups is 1. The minimum absolute atomic E-state index is 0.131. The van der Waals surface area contributed by atoms with Gasteiger partial charge in [-0.2, -0.15) is 0 Å². The van der Waals surface area contributed by atoms with Crippen molar-refractivity contribution in [2.24, 2.45) is 0 Å². The summed E-state index contributed by atoms with van der Waals surface area (Å²) < 4.78 is 0. The van der Waals surface area contributed by atoms with E-state index in [9.17, 15) is 4.79 Å². The lowest BCUT2D eigenvalue weighted by Crippen LogP contribution is -2.22. The highest BCUT2D eigenvalue weighted by atomic mass is 16.1. The monoisotopic (exact) mass is 277 g/mol. The van der Waals surface area contributed by atoms with Gasteiger partial charge in [0, 0.05) is 29.4 Å². The van der Waals surface area contributed by atoms with Gasteiger partial charge in [-0.1, -0.05) is 18.2 Å². The summed E-state index contributed by atoms with van der Waals surface area (Å²) in [7, 11) is 0. The van der Waals surface area contributed by atoms with E-state index in [4.69, 9.17) is 5.73 Å². The van der Waals surface area contributed by atoms with E-state index in [0.717, 1.165) is 16.5 Å². The maximum Gasteiger partial charge on any atom is 0.251 e. The summed E-state index contributed by atoms with van der Waals surface area (Å²) in [6, 6.07) is 16.8. The smallest absolute Gasteiger partial charge is 0.251 e. The highest BCUT2D eigenvalue weighted by Gasteiger charge is 2.05. The highest BCUT2D eigenvalue weighted by molar-refractivity contribution is 5.95. The summed E-state index contributed by atoms with van der Waals surface area (Å²) in [5.74, 6) is -0.131. The Hall–Kier alpha value is -2.88. The number of carbonyl (C=O) groups excluding carboxylic acids is 1. The predicted molar refractivity (Wildman–Crippen MR) is 83.8 cm³/mol. The van der Waals surface area contributed by atoms with Crippen LogP contribution in [0.3, 0.4) is 0 Å². The lowest BCUT2D eigenvalue weighted by Gasteiger charge is -2.07. The number of anilines is 1. The molecular weight excluding hydrogens is 262 g/mol. The number of nitrogens with two attached hydrogens (primary N) is 1. The lowest BCUT2D eigenvalue weighted by molar-refractivity contribution is 0.0951. The summed E-state index contributed by atoms with van der Waals surface area (Å²) >= 11 is 0. The second-order valence-electron chi connectivity index (χ2n) is 4.84. The van der Waals surface area contributed by atoms with Gasteiger partial charge in [-0.05, 0) is 42.0 Å². The number of amides is 1. The number of fused-ring (bicyclic) bond motifs is 1. The standard InChI is InChI=1S/C17H15N3O/c18-15-5-1-3-14(10-15)17(21)20-11-12-6-7-16-13(9-12)4-2-8-19-16/h1-10H,11,18H2,(H,20,21). The highest BCUT2D eigenvalue weighted by Crippen LogP contribution is 2.13. The van der Waals surface area contributed by atoms with E-state index in [1.54, 1.807) is 30.5 Å². The molecule has 3 N–H and O–H groups in total. The minimum atomic E-state index is -0.131. The molecule has 0 saturated carbocycles. The van der Waals surface area contributed by atoms with Crippen LogP contribution in [0.5, 0.6) is 0 Å². The molecule has 3 rings (SSSR count). The summed E-state index contributed by atoms with van der Waals surface area (Å²) in [6.07, 6.45) is 1.77. The van der Waals surface area contributed by atoms with Crippen molar-refractivity contribution < 1.29 is 4.79 Å². The van der Waals surface area contributed by atoms with Gasteiger partial charge >= 0.3 is 0 Å². The van der Waals surface area contributed by atoms with Crippen LogP contribution in [0.1, 0.15) is 15.9 Å². The Morgan fingerprint density at radius 2 is 2.00 bits per heavy atom. The van der Waals surface area contributed by atoms with Crippen molar-refractivity contribution in [3.63, 3.8) is 0 Å². The molecule has 2 aromatic carbocycles. The van der Waals surface area contributed by atoms with Crippen molar-refractivity contribution in [3.05, 3.63) is 71.9 Å². The molecule has 3 aromatic rings. The number of pyridine rings is 1. The molecule has 0 radical (unpaired) electrons. The van der Waals surface area contributed by atoms with Crippen LogP contribution in [0.2, 0.25) is 0 Å². The Labute approximate surface area is 122 Å². The van der Waals surface area contributed by atoms with Crippen molar-refractivity contribution in [2.45, 2.75) is 6.54 Å². The number of benzene rings is 2. The molecule has 0 unspecified atom stereocenters. The molecule has 0 spiro atoms. The number of rotatable bonds is 3. The van der Waals surface area contributed by atoms with Gasteiger partial charge in [0.15, 0.2) is 0 Å². The van der Waals surface area contributed by atoms with E-state index in [1.807, 2.05) is 30.3 Å². The molecule has 21 heavy (non-hydrogen) atoms. The number of aromatic nitrogens is 1. The van der Waals surface area contributed by atoms with Crippen molar-refractivity contribution in [3.8, 4) is 0 Å². The third kappa shape index (κ3) is 3.00. The van der Waals surface area contributed by atoms with Crippen molar-refractivity contribution in [1.29, 1.82) is 0 Å². The molecular formula is C17H15N3O. The van der Waals surface area contributed by atoms with E-state index < -0.39 is 0 Å². The first-order chi connectivity index (χ1) is 10.2. The van der Waals surface area contributed by atoms with E-state index in [1.165, 1.54) is 0 Å². The van der Waals surface area contributed by atoms with Gasteiger partial charge in [0.25, 0.3) is 5.91 Å². The molecule has 0 aliphatic carbocycles. The molecule has 1 aromatic heterocycles. The van der Waals surface area contributed by atoms with Crippen molar-refractivity contribution in [1.82, 2.24) is 10.3 Å². The van der Waals surface area contributed by atoms with Gasteiger partial charge in [0.05, 0.1) is 5.52 Å². The van der Waals surface area contributed by atoms with Crippen LogP contribution in [0.15, 0.2) is 60.8 Å². The molecule has 4 nitrogen and oxygen atoms in total. The molecule has 0 atom stereocenters. The van der Waals surface area contributed by atoms with Crippen LogP contribution < -0.4 is 11.1 Å². The lowest BCUT2D eigenvalue weighted by atomic mass is 10.1. The number of nitrogens with one attached hydrogen (secondary N) is 1. The Bertz CT molecular complexity index is 799. The zero-order chi connectivity index (χ0) is 14.7. The van der Waals surface area contributed by atoms with Gasteiger partial charge in [0.1, 0.15) is 0 Å². The van der Waals surface area contributed by atoms with Gasteiger partial charge in [-0.25, -0.2) is 0 Å². The molecule has 1 amide bonds. The predicted octanol–water partition coefficient (Wildman–Crippen LogP) is 2.75. The Kier molecular flexibility index (Phi) is 3.51. The number of nitrogen functional groups attached to an aromatic ring is 1. The average molecular weight is 277 g/mol. The van der Waals surface area contributed by atoms with Crippen LogP contribution in [0.4, 0.5) is 5.69 Å². The molecule has 0 aliphatic rings. The molecule has 4 heteroatoms. The fourth-order valence-corrected chi connectivity index (χ4v) is 2.20. The third-order valence-electron chi connectivity index (χ3n) is 3.27. The number of nitrogens with zero attached hydrogens (tertiary/aromatic N) is 1. The van der Waals surface area contributed by atoms with Crippen LogP contribution in [-0.2, 0) is 6.54 Å². The molecule has 0 saturated heterocycles. The molecule has 104 valence electrons. The average Bonchev–Trinajstić information content (AvgIpc) is 2.52. The van der Waals surface area contributed by atoms with E-state index in [0.29, 0.717) is 17.8 Å². The van der Waals surface area contributed by atoms with Gasteiger partial charge in [-0.15, -0.1) is 0 Å². The van der Waals surface area contributed by atoms with Crippen LogP contribution in [0.25, 0.3) is 10.9 Å². The summed E-state index contributed by atoms with van der Waals surface area (Å²) in [5, 5.41) is 3.96. The second kappa shape index (κ2) is 5.63. The molecule has 0 fully saturated rings. The van der Waals surface area contributed by atoms with Gasteiger partial charge in [-0.3, -0.25) is 9.78 Å². The van der Waals surface area contributed by atoms with Crippen LogP contribution >= 0.6 is 0 Å². The Morgan fingerprint density at radius 1 is 1.10 bits per heavy atom. The SMILES string of the molecule is Nc1cccc(C(=O)NCc2ccc3ncccc3c2)c1. The summed E-state index contributed by atoms with van der Waals surface area (Å²) in [4.78, 5) is 16.3. The quantitative estimate of drug-likeness (QED) is 0.723. The first-order valence-corrected chi connectivity index (χ1v) is 6.70. The van der Waals surface area contributed by atoms with Crippen LogP contribution in [-0.4, -0.2) is 10.9 Å². The Balaban J connectivity index is 1.72. The molecule has 0 aliphatic heterocycles. The zero-order valence-corrected chi connectivity index (χ0v) is 11.4. The maximum absolute atomic E-state index is 12.1. The fraction of sp³-hybridized carbons (Fsp3) is 0.0588. The van der Waals surface area contributed by atoms with Crippen molar-refractivity contribution in [2.75, 3.05) is 5.73 Å². The zero-order valence-electron chi connectivity index (χ0n) is 11.4. The van der Waals surface area contributed by atoms with Gasteiger partial charge in [0.2, 0.25) is 0 Å². The Morgan fingerprint density at radius 3 is 2.86 bits per heavy atom. The summed E-state index contributed by atoms with van der Waals surface area (Å²) in [5.41, 5.74) is 8.81. The minimum Gasteiger partial charge on any atom is -0.399 e. The van der Waals surface area contributed by atoms with E-state index >= 15 is 0 Å². The fourth-order valence-electron chi connectivity index (χ4n) is 2.20. The first-order valence-electron chi connectivity index (χ1n) is 6.70. The number of hydrogen-bond donors (Lipinski definition) is 2.